The predicted octanol–water partition coefficient (Wildman–Crippen LogP) is 3.67. The largest absolute Gasteiger partial charge is 0.464 e. The molecule has 2 nitrogen and oxygen atoms in total. The Labute approximate surface area is 112 Å². The maximum atomic E-state index is 5.52. The number of nitrogens with one attached hydrogen (secondary N) is 1. The zero-order valence-corrected chi connectivity index (χ0v) is 10.6. The Morgan fingerprint density at radius 1 is 1.05 bits per heavy atom. The number of hydrogen-bond donors (Lipinski definition) is 1. The Kier molecular flexibility index (Phi) is 2.42. The number of fused-ring (bicyclic) bond motifs is 2. The maximum absolute atomic E-state index is 5.52. The Balaban J connectivity index is 1.84. The van der Waals surface area contributed by atoms with Crippen LogP contribution in [0.1, 0.15) is 22.6 Å². The van der Waals surface area contributed by atoms with Gasteiger partial charge in [-0.25, -0.2) is 0 Å². The van der Waals surface area contributed by atoms with Crippen LogP contribution in [0.3, 0.4) is 0 Å². The smallest absolute Gasteiger partial charge is 0.134 e. The van der Waals surface area contributed by atoms with Gasteiger partial charge in [-0.3, -0.25) is 0 Å². The van der Waals surface area contributed by atoms with Crippen molar-refractivity contribution in [1.82, 2.24) is 5.32 Å². The lowest BCUT2D eigenvalue weighted by Crippen LogP contribution is -2.28. The average molecular weight is 249 g/mol. The van der Waals surface area contributed by atoms with Crippen molar-refractivity contribution in [3.05, 3.63) is 71.5 Å². The summed E-state index contributed by atoms with van der Waals surface area (Å²) in [5, 5.41) is 4.67. The third-order valence-corrected chi connectivity index (χ3v) is 3.98. The Morgan fingerprint density at radius 3 is 3.00 bits per heavy atom. The fraction of sp³-hybridized carbons (Fsp3) is 0.176. The van der Waals surface area contributed by atoms with Gasteiger partial charge in [0, 0.05) is 24.4 Å². The zero-order valence-electron chi connectivity index (χ0n) is 10.6. The highest BCUT2D eigenvalue weighted by atomic mass is 16.3. The van der Waals surface area contributed by atoms with Crippen LogP contribution in [-0.4, -0.2) is 6.54 Å². The standard InChI is InChI=1S/C17H15NO/c1-2-4-15-14(3-1)10-18-11-16(15)13-6-5-12-7-8-19-17(12)9-13/h1-9,16,18H,10-11H2. The van der Waals surface area contributed by atoms with Crippen LogP contribution in [0.25, 0.3) is 11.0 Å². The van der Waals surface area contributed by atoms with Crippen LogP contribution in [0, 0.1) is 0 Å². The van der Waals surface area contributed by atoms with E-state index < -0.39 is 0 Å². The third kappa shape index (κ3) is 1.76. The van der Waals surface area contributed by atoms with Gasteiger partial charge in [-0.15, -0.1) is 0 Å². The van der Waals surface area contributed by atoms with Gasteiger partial charge in [-0.05, 0) is 28.8 Å². The summed E-state index contributed by atoms with van der Waals surface area (Å²) in [5.41, 5.74) is 5.13. The molecule has 2 heterocycles. The highest BCUT2D eigenvalue weighted by molar-refractivity contribution is 5.78. The molecule has 4 rings (SSSR count). The van der Waals surface area contributed by atoms with Crippen molar-refractivity contribution in [1.29, 1.82) is 0 Å². The third-order valence-electron chi connectivity index (χ3n) is 3.98. The van der Waals surface area contributed by atoms with Crippen molar-refractivity contribution in [2.24, 2.45) is 0 Å². The second kappa shape index (κ2) is 4.25. The van der Waals surface area contributed by atoms with Gasteiger partial charge < -0.3 is 9.73 Å². The molecule has 0 saturated carbocycles. The van der Waals surface area contributed by atoms with Crippen LogP contribution >= 0.6 is 0 Å². The molecule has 1 aliphatic rings. The lowest BCUT2D eigenvalue weighted by Gasteiger charge is -2.26. The quantitative estimate of drug-likeness (QED) is 0.712. The molecule has 1 aliphatic heterocycles. The Hall–Kier alpha value is -2.06. The molecule has 1 atom stereocenters. The SMILES string of the molecule is c1ccc2c(c1)CNCC2c1ccc2ccoc2c1. The van der Waals surface area contributed by atoms with Crippen LogP contribution in [0.5, 0.6) is 0 Å². The molecule has 0 spiro atoms. The lowest BCUT2D eigenvalue weighted by molar-refractivity contribution is 0.588. The minimum atomic E-state index is 0.416. The van der Waals surface area contributed by atoms with Crippen LogP contribution < -0.4 is 5.32 Å². The summed E-state index contributed by atoms with van der Waals surface area (Å²) in [6.07, 6.45) is 1.75. The summed E-state index contributed by atoms with van der Waals surface area (Å²) in [6.45, 7) is 1.96. The van der Waals surface area contributed by atoms with Gasteiger partial charge in [0.05, 0.1) is 6.26 Å². The van der Waals surface area contributed by atoms with Gasteiger partial charge in [0.15, 0.2) is 0 Å². The predicted molar refractivity (Wildman–Crippen MR) is 76.2 cm³/mol. The summed E-state index contributed by atoms with van der Waals surface area (Å²) < 4.78 is 5.52. The van der Waals surface area contributed by atoms with E-state index in [1.165, 1.54) is 22.1 Å². The van der Waals surface area contributed by atoms with E-state index in [2.05, 4.69) is 47.8 Å². The van der Waals surface area contributed by atoms with Crippen molar-refractivity contribution >= 4 is 11.0 Å². The molecule has 0 amide bonds. The molecule has 19 heavy (non-hydrogen) atoms. The summed E-state index contributed by atoms with van der Waals surface area (Å²) in [6, 6.07) is 17.2. The minimum absolute atomic E-state index is 0.416. The van der Waals surface area contributed by atoms with E-state index in [1.807, 2.05) is 6.07 Å². The summed E-state index contributed by atoms with van der Waals surface area (Å²) in [7, 11) is 0. The Morgan fingerprint density at radius 2 is 2.00 bits per heavy atom. The molecule has 0 fully saturated rings. The number of benzene rings is 2. The number of hydrogen-bond acceptors (Lipinski definition) is 2. The van der Waals surface area contributed by atoms with Crippen LogP contribution in [-0.2, 0) is 6.54 Å². The monoisotopic (exact) mass is 249 g/mol. The van der Waals surface area contributed by atoms with Gasteiger partial charge in [-0.1, -0.05) is 36.4 Å². The van der Waals surface area contributed by atoms with Crippen molar-refractivity contribution in [2.45, 2.75) is 12.5 Å². The topological polar surface area (TPSA) is 25.2 Å². The normalized spacial score (nSPS) is 18.4. The van der Waals surface area contributed by atoms with Gasteiger partial charge in [-0.2, -0.15) is 0 Å². The van der Waals surface area contributed by atoms with E-state index in [4.69, 9.17) is 4.42 Å². The van der Waals surface area contributed by atoms with E-state index in [9.17, 15) is 0 Å². The van der Waals surface area contributed by atoms with Crippen molar-refractivity contribution in [2.75, 3.05) is 6.54 Å². The summed E-state index contributed by atoms with van der Waals surface area (Å²) >= 11 is 0. The molecule has 1 N–H and O–H groups in total. The highest BCUT2D eigenvalue weighted by Gasteiger charge is 2.21. The lowest BCUT2D eigenvalue weighted by atomic mass is 9.85. The summed E-state index contributed by atoms with van der Waals surface area (Å²) in [4.78, 5) is 0. The van der Waals surface area contributed by atoms with Gasteiger partial charge in [0.25, 0.3) is 0 Å². The second-order valence-corrected chi connectivity index (χ2v) is 5.10. The molecule has 0 aliphatic carbocycles. The molecule has 2 aromatic carbocycles. The van der Waals surface area contributed by atoms with Gasteiger partial charge >= 0.3 is 0 Å². The van der Waals surface area contributed by atoms with E-state index in [-0.39, 0.29) is 0 Å². The minimum Gasteiger partial charge on any atom is -0.464 e. The average Bonchev–Trinajstić information content (AvgIpc) is 2.94. The first kappa shape index (κ1) is 10.8. The van der Waals surface area contributed by atoms with E-state index in [0.29, 0.717) is 5.92 Å². The molecule has 0 radical (unpaired) electrons. The maximum Gasteiger partial charge on any atom is 0.134 e. The van der Waals surface area contributed by atoms with E-state index in [1.54, 1.807) is 6.26 Å². The molecule has 2 heteroatoms. The fourth-order valence-corrected chi connectivity index (χ4v) is 2.98. The molecule has 3 aromatic rings. The van der Waals surface area contributed by atoms with Crippen molar-refractivity contribution in [3.63, 3.8) is 0 Å². The summed E-state index contributed by atoms with van der Waals surface area (Å²) in [5.74, 6) is 0.416. The van der Waals surface area contributed by atoms with Crippen molar-refractivity contribution < 1.29 is 4.42 Å². The van der Waals surface area contributed by atoms with Crippen LogP contribution in [0.2, 0.25) is 0 Å². The van der Waals surface area contributed by atoms with Crippen molar-refractivity contribution in [3.8, 4) is 0 Å². The molecule has 1 aromatic heterocycles. The first-order chi connectivity index (χ1) is 9.42. The second-order valence-electron chi connectivity index (χ2n) is 5.10. The van der Waals surface area contributed by atoms with E-state index in [0.717, 1.165) is 18.7 Å². The first-order valence-corrected chi connectivity index (χ1v) is 6.67. The van der Waals surface area contributed by atoms with Crippen LogP contribution in [0.4, 0.5) is 0 Å². The Bertz CT molecular complexity index is 729. The molecule has 94 valence electrons. The molecular weight excluding hydrogens is 234 g/mol. The first-order valence-electron chi connectivity index (χ1n) is 6.67. The fourth-order valence-electron chi connectivity index (χ4n) is 2.98. The number of furan rings is 1. The van der Waals surface area contributed by atoms with Crippen LogP contribution in [0.15, 0.2) is 59.2 Å². The molecular formula is C17H15NO. The molecule has 0 bridgehead atoms. The number of rotatable bonds is 1. The zero-order chi connectivity index (χ0) is 12.7. The van der Waals surface area contributed by atoms with Gasteiger partial charge in [0.1, 0.15) is 5.58 Å². The highest BCUT2D eigenvalue weighted by Crippen LogP contribution is 2.31. The molecule has 0 saturated heterocycles. The van der Waals surface area contributed by atoms with E-state index >= 15 is 0 Å². The van der Waals surface area contributed by atoms with Gasteiger partial charge in [0.2, 0.25) is 0 Å². The molecule has 1 unspecified atom stereocenters.